The van der Waals surface area contributed by atoms with Crippen molar-refractivity contribution in [3.63, 3.8) is 0 Å². The van der Waals surface area contributed by atoms with E-state index in [1.165, 1.54) is 24.3 Å². The van der Waals surface area contributed by atoms with Gasteiger partial charge in [0.2, 0.25) is 9.84 Å². The number of nitro benzene ring substituents is 1. The van der Waals surface area contributed by atoms with Crippen molar-refractivity contribution in [2.24, 2.45) is 0 Å². The predicted molar refractivity (Wildman–Crippen MR) is 87.5 cm³/mol. The minimum atomic E-state index is -4.61. The first-order valence-electron chi connectivity index (χ1n) is 7.42. The summed E-state index contributed by atoms with van der Waals surface area (Å²) in [6.07, 6.45) is 0.685. The number of benzene rings is 2. The molecule has 3 rings (SSSR count). The van der Waals surface area contributed by atoms with Gasteiger partial charge in [0.25, 0.3) is 5.69 Å². The fourth-order valence-corrected chi connectivity index (χ4v) is 3.55. The Labute approximate surface area is 142 Å². The molecule has 0 N–H and O–H groups in total. The van der Waals surface area contributed by atoms with Gasteiger partial charge in [0.1, 0.15) is 0 Å². The Hall–Kier alpha value is -2.55. The van der Waals surface area contributed by atoms with Crippen molar-refractivity contribution in [3.05, 3.63) is 63.7 Å². The highest BCUT2D eigenvalue weighted by atomic mass is 32.2. The molecule has 0 bridgehead atoms. The summed E-state index contributed by atoms with van der Waals surface area (Å²) in [5.41, 5.74) is 2.54. The van der Waals surface area contributed by atoms with Crippen molar-refractivity contribution < 1.29 is 22.1 Å². The number of hydrogen-bond donors (Lipinski definition) is 0. The third kappa shape index (κ3) is 3.32. The van der Waals surface area contributed by atoms with Gasteiger partial charge in [-0.15, -0.1) is 0 Å². The van der Waals surface area contributed by atoms with E-state index in [1.54, 1.807) is 6.07 Å². The molecular formula is C16H14F2N2O4S. The molecule has 2 aromatic carbocycles. The molecule has 0 aromatic heterocycles. The molecule has 0 saturated heterocycles. The average Bonchev–Trinajstić information content (AvgIpc) is 2.60. The number of alkyl halides is 2. The quantitative estimate of drug-likeness (QED) is 0.612. The lowest BCUT2D eigenvalue weighted by molar-refractivity contribution is -0.384. The van der Waals surface area contributed by atoms with Crippen molar-refractivity contribution in [3.8, 4) is 0 Å². The molecule has 0 amide bonds. The molecule has 0 spiro atoms. The summed E-state index contributed by atoms with van der Waals surface area (Å²) in [6, 6.07) is 9.98. The lowest BCUT2D eigenvalue weighted by Gasteiger charge is -2.30. The van der Waals surface area contributed by atoms with Crippen LogP contribution in [0.3, 0.4) is 0 Å². The Kier molecular flexibility index (Phi) is 4.42. The van der Waals surface area contributed by atoms with Crippen molar-refractivity contribution in [2.45, 2.75) is 23.6 Å². The van der Waals surface area contributed by atoms with Gasteiger partial charge in [-0.2, -0.15) is 8.78 Å². The molecule has 1 heterocycles. The van der Waals surface area contributed by atoms with Gasteiger partial charge in [-0.3, -0.25) is 10.1 Å². The van der Waals surface area contributed by atoms with Gasteiger partial charge >= 0.3 is 5.76 Å². The molecule has 0 atom stereocenters. The van der Waals surface area contributed by atoms with E-state index < -0.39 is 25.4 Å². The van der Waals surface area contributed by atoms with E-state index in [4.69, 9.17) is 0 Å². The van der Waals surface area contributed by atoms with Crippen LogP contribution in [0.1, 0.15) is 11.1 Å². The van der Waals surface area contributed by atoms with Gasteiger partial charge in [-0.05, 0) is 41.8 Å². The van der Waals surface area contributed by atoms with Crippen molar-refractivity contribution in [2.75, 3.05) is 11.4 Å². The SMILES string of the molecule is O=[N+]([O-])c1ccc2c(c1)CN(c1ccc(S(=O)(=O)C(F)F)cc1)CC2. The highest BCUT2D eigenvalue weighted by Gasteiger charge is 2.27. The Balaban J connectivity index is 1.84. The van der Waals surface area contributed by atoms with Gasteiger partial charge < -0.3 is 4.90 Å². The summed E-state index contributed by atoms with van der Waals surface area (Å²) in [5, 5.41) is 10.9. The van der Waals surface area contributed by atoms with Crippen LogP contribution >= 0.6 is 0 Å². The zero-order chi connectivity index (χ0) is 18.2. The molecule has 0 aliphatic carbocycles. The summed E-state index contributed by atoms with van der Waals surface area (Å²) >= 11 is 0. The lowest BCUT2D eigenvalue weighted by atomic mass is 9.98. The third-order valence-corrected chi connectivity index (χ3v) is 5.58. The Morgan fingerprint density at radius 2 is 1.76 bits per heavy atom. The van der Waals surface area contributed by atoms with E-state index in [1.807, 2.05) is 4.90 Å². The topological polar surface area (TPSA) is 80.5 Å². The fraction of sp³-hybridized carbons (Fsp3) is 0.250. The zero-order valence-corrected chi connectivity index (χ0v) is 13.7. The van der Waals surface area contributed by atoms with Gasteiger partial charge in [0.05, 0.1) is 9.82 Å². The standard InChI is InChI=1S/C16H14F2N2O4S/c17-16(18)25(23,24)15-5-3-13(4-6-15)19-8-7-11-1-2-14(20(21)22)9-12(11)10-19/h1-6,9,16H,7-8,10H2. The second-order valence-electron chi connectivity index (χ2n) is 5.68. The maximum atomic E-state index is 12.6. The first kappa shape index (κ1) is 17.3. The van der Waals surface area contributed by atoms with Gasteiger partial charge in [-0.25, -0.2) is 8.42 Å². The first-order chi connectivity index (χ1) is 11.8. The van der Waals surface area contributed by atoms with Crippen LogP contribution in [0.4, 0.5) is 20.2 Å². The minimum Gasteiger partial charge on any atom is -0.367 e. The summed E-state index contributed by atoms with van der Waals surface area (Å²) in [5.74, 6) is -3.46. The number of nitrogens with zero attached hydrogens (tertiary/aromatic N) is 2. The van der Waals surface area contributed by atoms with Gasteiger partial charge in [0, 0.05) is 30.9 Å². The Bertz CT molecular complexity index is 914. The summed E-state index contributed by atoms with van der Waals surface area (Å²) < 4.78 is 48.1. The highest BCUT2D eigenvalue weighted by Crippen LogP contribution is 2.28. The number of nitro groups is 1. The van der Waals surface area contributed by atoms with Crippen molar-refractivity contribution in [1.82, 2.24) is 0 Å². The molecule has 0 unspecified atom stereocenters. The molecule has 1 aliphatic rings. The zero-order valence-electron chi connectivity index (χ0n) is 12.9. The normalized spacial score (nSPS) is 14.4. The van der Waals surface area contributed by atoms with Crippen molar-refractivity contribution >= 4 is 21.2 Å². The first-order valence-corrected chi connectivity index (χ1v) is 8.97. The number of anilines is 1. The Morgan fingerprint density at radius 1 is 1.08 bits per heavy atom. The average molecular weight is 368 g/mol. The molecular weight excluding hydrogens is 354 g/mol. The van der Waals surface area contributed by atoms with Gasteiger partial charge in [-0.1, -0.05) is 6.07 Å². The van der Waals surface area contributed by atoms with Crippen LogP contribution in [0, 0.1) is 10.1 Å². The van der Waals surface area contributed by atoms with Gasteiger partial charge in [0.15, 0.2) is 0 Å². The lowest BCUT2D eigenvalue weighted by Crippen LogP contribution is -2.30. The highest BCUT2D eigenvalue weighted by molar-refractivity contribution is 7.91. The van der Waals surface area contributed by atoms with Crippen LogP contribution in [0.2, 0.25) is 0 Å². The predicted octanol–water partition coefficient (Wildman–Crippen LogP) is 3.15. The minimum absolute atomic E-state index is 0.0129. The molecule has 25 heavy (non-hydrogen) atoms. The van der Waals surface area contributed by atoms with Crippen LogP contribution in [0.15, 0.2) is 47.4 Å². The van der Waals surface area contributed by atoms with Crippen LogP contribution < -0.4 is 4.90 Å². The second kappa shape index (κ2) is 6.40. The molecule has 6 nitrogen and oxygen atoms in total. The van der Waals surface area contributed by atoms with Crippen molar-refractivity contribution in [1.29, 1.82) is 0 Å². The van der Waals surface area contributed by atoms with E-state index in [0.717, 1.165) is 23.3 Å². The molecule has 132 valence electrons. The van der Waals surface area contributed by atoms with Crippen LogP contribution in [0.25, 0.3) is 0 Å². The molecule has 2 aromatic rings. The smallest absolute Gasteiger partial charge is 0.341 e. The number of hydrogen-bond acceptors (Lipinski definition) is 5. The number of sulfone groups is 1. The summed E-state index contributed by atoms with van der Waals surface area (Å²) in [4.78, 5) is 11.9. The molecule has 9 heteroatoms. The maximum Gasteiger partial charge on any atom is 0.341 e. The molecule has 0 fully saturated rings. The summed E-state index contributed by atoms with van der Waals surface area (Å²) in [7, 11) is -4.61. The summed E-state index contributed by atoms with van der Waals surface area (Å²) in [6.45, 7) is 1.07. The van der Waals surface area contributed by atoms with E-state index in [-0.39, 0.29) is 5.69 Å². The fourth-order valence-electron chi connectivity index (χ4n) is 2.83. The molecule has 1 aliphatic heterocycles. The molecule has 0 radical (unpaired) electrons. The maximum absolute atomic E-state index is 12.6. The van der Waals surface area contributed by atoms with E-state index in [0.29, 0.717) is 25.2 Å². The van der Waals surface area contributed by atoms with E-state index >= 15 is 0 Å². The monoisotopic (exact) mass is 368 g/mol. The number of halogens is 2. The number of non-ortho nitro benzene ring substituents is 1. The number of rotatable bonds is 4. The number of fused-ring (bicyclic) bond motifs is 1. The van der Waals surface area contributed by atoms with E-state index in [9.17, 15) is 27.3 Å². The largest absolute Gasteiger partial charge is 0.367 e. The third-order valence-electron chi connectivity index (χ3n) is 4.18. The van der Waals surface area contributed by atoms with E-state index in [2.05, 4.69) is 0 Å². The molecule has 0 saturated carbocycles. The Morgan fingerprint density at radius 3 is 2.36 bits per heavy atom. The van der Waals surface area contributed by atoms with Crippen LogP contribution in [-0.4, -0.2) is 25.6 Å². The van der Waals surface area contributed by atoms with Crippen LogP contribution in [0.5, 0.6) is 0 Å². The second-order valence-corrected chi connectivity index (χ2v) is 7.60. The van der Waals surface area contributed by atoms with Crippen LogP contribution in [-0.2, 0) is 22.8 Å².